The average Bonchev–Trinajstić information content (AvgIpc) is 3.06. The van der Waals surface area contributed by atoms with Gasteiger partial charge in [-0.05, 0) is 24.3 Å². The minimum atomic E-state index is 0.669. The summed E-state index contributed by atoms with van der Waals surface area (Å²) in [6.07, 6.45) is 4.34. The van der Waals surface area contributed by atoms with Crippen molar-refractivity contribution in [2.75, 3.05) is 12.4 Å². The van der Waals surface area contributed by atoms with Crippen molar-refractivity contribution in [1.82, 2.24) is 20.4 Å². The van der Waals surface area contributed by atoms with Gasteiger partial charge in [-0.3, -0.25) is 5.10 Å². The van der Waals surface area contributed by atoms with Crippen LogP contribution in [0.25, 0.3) is 22.2 Å². The summed E-state index contributed by atoms with van der Waals surface area (Å²) in [6, 6.07) is 7.52. The van der Waals surface area contributed by atoms with Crippen LogP contribution in [0.15, 0.2) is 30.5 Å². The molecule has 0 amide bonds. The number of H-pyrrole nitrogens is 1. The maximum atomic E-state index is 6.10. The molecule has 0 saturated carbocycles. The predicted octanol–water partition coefficient (Wildman–Crippen LogP) is 4.52. The van der Waals surface area contributed by atoms with E-state index in [1.54, 1.807) is 13.2 Å². The summed E-state index contributed by atoms with van der Waals surface area (Å²) in [5.74, 6) is 0.730. The van der Waals surface area contributed by atoms with Gasteiger partial charge in [0, 0.05) is 18.0 Å². The Morgan fingerprint density at radius 1 is 1.09 bits per heavy atom. The zero-order valence-corrected chi connectivity index (χ0v) is 13.8. The highest BCUT2D eigenvalue weighted by molar-refractivity contribution is 6.35. The molecular weight excluding hydrogens is 298 g/mol. The number of halogens is 1. The molecule has 0 aliphatic carbocycles. The summed E-state index contributed by atoms with van der Waals surface area (Å²) in [4.78, 5) is 0. The van der Waals surface area contributed by atoms with Crippen molar-refractivity contribution >= 4 is 28.3 Å². The Balaban J connectivity index is 0.000000396. The second kappa shape index (κ2) is 7.75. The van der Waals surface area contributed by atoms with E-state index in [0.29, 0.717) is 5.02 Å². The molecule has 3 rings (SSSR count). The number of aromatic nitrogens is 4. The van der Waals surface area contributed by atoms with E-state index >= 15 is 0 Å². The summed E-state index contributed by atoms with van der Waals surface area (Å²) in [7, 11) is 1.80. The van der Waals surface area contributed by atoms with E-state index in [9.17, 15) is 0 Å². The lowest BCUT2D eigenvalue weighted by Gasteiger charge is -2.04. The molecule has 2 heterocycles. The number of nitrogens with one attached hydrogen (secondary N) is 2. The molecule has 0 atom stereocenters. The summed E-state index contributed by atoms with van der Waals surface area (Å²) in [6.45, 7) is 4.36. The number of unbranched alkanes of at least 4 members (excludes halogenated alkanes) is 1. The zero-order chi connectivity index (χ0) is 15.9. The van der Waals surface area contributed by atoms with Gasteiger partial charge in [0.15, 0.2) is 0 Å². The maximum absolute atomic E-state index is 6.10. The lowest BCUT2D eigenvalue weighted by molar-refractivity contribution is 0.886. The summed E-state index contributed by atoms with van der Waals surface area (Å²) in [5.41, 5.74) is 2.58. The molecule has 2 aromatic heterocycles. The smallest absolute Gasteiger partial charge is 0.148 e. The second-order valence-corrected chi connectivity index (χ2v) is 5.21. The van der Waals surface area contributed by atoms with Crippen LogP contribution < -0.4 is 5.32 Å². The Morgan fingerprint density at radius 3 is 2.45 bits per heavy atom. The van der Waals surface area contributed by atoms with E-state index in [-0.39, 0.29) is 0 Å². The van der Waals surface area contributed by atoms with Gasteiger partial charge in [-0.1, -0.05) is 38.3 Å². The van der Waals surface area contributed by atoms with E-state index < -0.39 is 0 Å². The van der Waals surface area contributed by atoms with Gasteiger partial charge < -0.3 is 5.32 Å². The van der Waals surface area contributed by atoms with Crippen molar-refractivity contribution in [3.8, 4) is 11.3 Å². The first-order chi connectivity index (χ1) is 10.7. The first-order valence-corrected chi connectivity index (χ1v) is 7.72. The maximum Gasteiger partial charge on any atom is 0.148 e. The van der Waals surface area contributed by atoms with Gasteiger partial charge in [0.25, 0.3) is 0 Å². The van der Waals surface area contributed by atoms with Crippen molar-refractivity contribution in [3.05, 3.63) is 35.5 Å². The minimum absolute atomic E-state index is 0.669. The molecule has 22 heavy (non-hydrogen) atoms. The molecule has 0 fully saturated rings. The predicted molar refractivity (Wildman–Crippen MR) is 92.3 cm³/mol. The monoisotopic (exact) mass is 317 g/mol. The van der Waals surface area contributed by atoms with Crippen LogP contribution in [0.4, 0.5) is 5.82 Å². The fraction of sp³-hybridized carbons (Fsp3) is 0.312. The fourth-order valence-corrected chi connectivity index (χ4v) is 2.03. The molecule has 2 N–H and O–H groups in total. The molecule has 5 nitrogen and oxygen atoms in total. The molecule has 0 aliphatic heterocycles. The van der Waals surface area contributed by atoms with E-state index in [4.69, 9.17) is 11.6 Å². The standard InChI is InChI=1S/C12H10ClN5.C4H10/c1-14-11-5-4-10(16-17-11)7-2-3-9(13)8-6-15-18-12(7)8;1-3-4-2/h2-6H,1H3,(H,14,17)(H,15,18);3-4H2,1-2H3. The quantitative estimate of drug-likeness (QED) is 0.745. The first-order valence-electron chi connectivity index (χ1n) is 7.34. The average molecular weight is 318 g/mol. The number of anilines is 1. The normalized spacial score (nSPS) is 10.2. The third-order valence-electron chi connectivity index (χ3n) is 3.26. The van der Waals surface area contributed by atoms with Crippen molar-refractivity contribution in [2.24, 2.45) is 0 Å². The van der Waals surface area contributed by atoms with E-state index in [1.807, 2.05) is 24.3 Å². The largest absolute Gasteiger partial charge is 0.372 e. The number of fused-ring (bicyclic) bond motifs is 1. The van der Waals surface area contributed by atoms with Gasteiger partial charge in [0.2, 0.25) is 0 Å². The molecule has 6 heteroatoms. The summed E-state index contributed by atoms with van der Waals surface area (Å²) >= 11 is 6.10. The molecule has 0 spiro atoms. The van der Waals surface area contributed by atoms with Crippen LogP contribution in [0.1, 0.15) is 26.7 Å². The molecule has 116 valence electrons. The fourth-order valence-electron chi connectivity index (χ4n) is 1.82. The number of rotatable bonds is 3. The van der Waals surface area contributed by atoms with E-state index in [0.717, 1.165) is 28.0 Å². The van der Waals surface area contributed by atoms with Crippen LogP contribution in [0, 0.1) is 0 Å². The third-order valence-corrected chi connectivity index (χ3v) is 3.59. The van der Waals surface area contributed by atoms with Crippen molar-refractivity contribution < 1.29 is 0 Å². The Labute approximate surface area is 135 Å². The topological polar surface area (TPSA) is 66.5 Å². The highest BCUT2D eigenvalue weighted by Crippen LogP contribution is 2.30. The van der Waals surface area contributed by atoms with E-state index in [1.165, 1.54) is 12.8 Å². The van der Waals surface area contributed by atoms with Gasteiger partial charge in [0.05, 0.1) is 22.4 Å². The SMILES string of the molecule is CCCC.CNc1ccc(-c2ccc(Cl)c3cn[nH]c23)nn1. The first kappa shape index (κ1) is 16.2. The Bertz CT molecular complexity index is 719. The van der Waals surface area contributed by atoms with Gasteiger partial charge >= 0.3 is 0 Å². The molecule has 0 unspecified atom stereocenters. The van der Waals surface area contributed by atoms with Crippen LogP contribution in [0.2, 0.25) is 5.02 Å². The Hall–Kier alpha value is -2.14. The van der Waals surface area contributed by atoms with Crippen molar-refractivity contribution in [2.45, 2.75) is 26.7 Å². The molecule has 3 aromatic rings. The number of nitrogens with zero attached hydrogens (tertiary/aromatic N) is 3. The summed E-state index contributed by atoms with van der Waals surface area (Å²) < 4.78 is 0. The lowest BCUT2D eigenvalue weighted by atomic mass is 10.1. The van der Waals surface area contributed by atoms with Gasteiger partial charge in [-0.15, -0.1) is 10.2 Å². The number of benzene rings is 1. The van der Waals surface area contributed by atoms with E-state index in [2.05, 4.69) is 39.6 Å². The van der Waals surface area contributed by atoms with Crippen LogP contribution in [-0.4, -0.2) is 27.4 Å². The van der Waals surface area contributed by atoms with Gasteiger partial charge in [-0.2, -0.15) is 5.10 Å². The van der Waals surface area contributed by atoms with Crippen LogP contribution in [-0.2, 0) is 0 Å². The molecule has 0 radical (unpaired) electrons. The van der Waals surface area contributed by atoms with Gasteiger partial charge in [-0.25, -0.2) is 0 Å². The summed E-state index contributed by atoms with van der Waals surface area (Å²) in [5, 5.41) is 19.7. The Morgan fingerprint density at radius 2 is 1.86 bits per heavy atom. The molecular formula is C16H20ClN5. The van der Waals surface area contributed by atoms with Crippen molar-refractivity contribution in [3.63, 3.8) is 0 Å². The zero-order valence-electron chi connectivity index (χ0n) is 13.0. The second-order valence-electron chi connectivity index (χ2n) is 4.81. The minimum Gasteiger partial charge on any atom is -0.372 e. The molecule has 0 bridgehead atoms. The number of hydrogen-bond donors (Lipinski definition) is 2. The number of aromatic amines is 1. The molecule has 0 aliphatic rings. The lowest BCUT2D eigenvalue weighted by Crippen LogP contribution is -1.95. The van der Waals surface area contributed by atoms with Gasteiger partial charge in [0.1, 0.15) is 5.82 Å². The highest BCUT2D eigenvalue weighted by Gasteiger charge is 2.10. The van der Waals surface area contributed by atoms with Crippen LogP contribution >= 0.6 is 11.6 Å². The highest BCUT2D eigenvalue weighted by atomic mass is 35.5. The third kappa shape index (κ3) is 3.54. The van der Waals surface area contributed by atoms with Crippen LogP contribution in [0.5, 0.6) is 0 Å². The molecule has 0 saturated heterocycles. The molecule has 1 aromatic carbocycles. The van der Waals surface area contributed by atoms with Crippen LogP contribution in [0.3, 0.4) is 0 Å². The Kier molecular flexibility index (Phi) is 5.72. The number of hydrogen-bond acceptors (Lipinski definition) is 4. The van der Waals surface area contributed by atoms with Crippen molar-refractivity contribution in [1.29, 1.82) is 0 Å².